The summed E-state index contributed by atoms with van der Waals surface area (Å²) >= 11 is 0. The number of allylic oxidation sites excluding steroid dienone is 28. The van der Waals surface area contributed by atoms with Gasteiger partial charge in [0, 0.05) is 25.7 Å². The predicted molar refractivity (Wildman–Crippen MR) is 454 cm³/mol. The van der Waals surface area contributed by atoms with Gasteiger partial charge in [-0.2, -0.15) is 0 Å². The van der Waals surface area contributed by atoms with E-state index in [1.165, 1.54) is 89.9 Å². The van der Waals surface area contributed by atoms with E-state index in [4.69, 9.17) is 37.0 Å². The molecular formula is C91H150O17P2. The number of hydrogen-bond acceptors (Lipinski definition) is 15. The molecule has 0 heterocycles. The number of phosphoric acid groups is 2. The van der Waals surface area contributed by atoms with Gasteiger partial charge >= 0.3 is 39.5 Å². The molecule has 19 heteroatoms. The molecule has 0 aliphatic carbocycles. The van der Waals surface area contributed by atoms with Crippen LogP contribution in [-0.2, 0) is 65.4 Å². The van der Waals surface area contributed by atoms with E-state index in [0.29, 0.717) is 32.1 Å². The van der Waals surface area contributed by atoms with Crippen LogP contribution < -0.4 is 0 Å². The van der Waals surface area contributed by atoms with Gasteiger partial charge in [-0.1, -0.05) is 313 Å². The highest BCUT2D eigenvalue weighted by Crippen LogP contribution is 2.45. The summed E-state index contributed by atoms with van der Waals surface area (Å²) in [5.74, 6) is -2.32. The van der Waals surface area contributed by atoms with Crippen molar-refractivity contribution in [2.45, 2.75) is 341 Å². The van der Waals surface area contributed by atoms with Crippen molar-refractivity contribution in [3.05, 3.63) is 170 Å². The zero-order valence-electron chi connectivity index (χ0n) is 68.6. The summed E-state index contributed by atoms with van der Waals surface area (Å²) in [4.78, 5) is 73.2. The first-order valence-electron chi connectivity index (χ1n) is 42.4. The first-order chi connectivity index (χ1) is 53.7. The summed E-state index contributed by atoms with van der Waals surface area (Å²) < 4.78 is 68.7. The summed E-state index contributed by atoms with van der Waals surface area (Å²) in [6, 6.07) is 0. The number of carbonyl (C=O) groups excluding carboxylic acids is 4. The van der Waals surface area contributed by atoms with Crippen LogP contribution in [-0.4, -0.2) is 96.7 Å². The van der Waals surface area contributed by atoms with Gasteiger partial charge in [-0.3, -0.25) is 37.3 Å². The average molecular weight is 1580 g/mol. The maximum atomic E-state index is 13.1. The summed E-state index contributed by atoms with van der Waals surface area (Å²) in [7, 11) is -10.0. The molecule has 0 spiro atoms. The molecule has 17 nitrogen and oxygen atoms in total. The Bertz CT molecular complexity index is 2750. The molecule has 0 aliphatic heterocycles. The molecule has 110 heavy (non-hydrogen) atoms. The topological polar surface area (TPSA) is 237 Å². The zero-order chi connectivity index (χ0) is 80.3. The van der Waals surface area contributed by atoms with Crippen molar-refractivity contribution < 1.29 is 80.2 Å². The molecule has 0 aromatic carbocycles. The van der Waals surface area contributed by atoms with E-state index in [0.717, 1.165) is 148 Å². The van der Waals surface area contributed by atoms with Crippen molar-refractivity contribution in [3.8, 4) is 0 Å². The lowest BCUT2D eigenvalue weighted by molar-refractivity contribution is -0.161. The minimum Gasteiger partial charge on any atom is -0.462 e. The number of hydrogen-bond donors (Lipinski definition) is 3. The van der Waals surface area contributed by atoms with E-state index in [1.807, 2.05) is 12.2 Å². The Hall–Kier alpha value is -5.58. The van der Waals surface area contributed by atoms with Crippen LogP contribution in [0.15, 0.2) is 170 Å². The van der Waals surface area contributed by atoms with Crippen LogP contribution in [0, 0.1) is 0 Å². The predicted octanol–water partition coefficient (Wildman–Crippen LogP) is 25.3. The van der Waals surface area contributed by atoms with E-state index in [2.05, 4.69) is 186 Å². The van der Waals surface area contributed by atoms with Gasteiger partial charge in [-0.15, -0.1) is 0 Å². The number of rotatable bonds is 78. The zero-order valence-corrected chi connectivity index (χ0v) is 70.4. The van der Waals surface area contributed by atoms with E-state index in [9.17, 15) is 43.2 Å². The minimum absolute atomic E-state index is 0.0376. The molecule has 5 atom stereocenters. The number of ether oxygens (including phenoxy) is 4. The van der Waals surface area contributed by atoms with E-state index >= 15 is 0 Å². The van der Waals surface area contributed by atoms with Crippen LogP contribution in [0.3, 0.4) is 0 Å². The molecule has 0 aromatic rings. The number of aliphatic hydroxyl groups is 1. The summed E-state index contributed by atoms with van der Waals surface area (Å²) in [6.45, 7) is 4.50. The second kappa shape index (κ2) is 81.4. The molecular weight excluding hydrogens is 1430 g/mol. The molecule has 0 saturated carbocycles. The maximum Gasteiger partial charge on any atom is 0.472 e. The Morgan fingerprint density at radius 1 is 0.264 bits per heavy atom. The van der Waals surface area contributed by atoms with Crippen molar-refractivity contribution in [1.82, 2.24) is 0 Å². The number of carbonyl (C=O) groups is 4. The van der Waals surface area contributed by atoms with Crippen LogP contribution in [0.5, 0.6) is 0 Å². The van der Waals surface area contributed by atoms with Gasteiger partial charge in [0.1, 0.15) is 19.3 Å². The first-order valence-corrected chi connectivity index (χ1v) is 45.4. The van der Waals surface area contributed by atoms with Gasteiger partial charge in [-0.25, -0.2) is 9.13 Å². The first kappa shape index (κ1) is 104. The standard InChI is InChI=1S/C91H150O17P2/c1-5-9-13-17-21-25-29-33-37-40-42-45-49-53-57-61-65-69-73-77-90(95)107-86(81-101-88(93)75-71-67-63-59-55-51-47-36-32-28-24-20-16-12-8-4)83-105-109(97,98)103-79-85(92)80-104-110(99,100)106-84-87(82-102-89(94)76-72-68-64-60-56-52-48-44-39-35-31-27-23-19-15-11-7-3)108-91(96)78-74-70-66-62-58-54-50-46-43-41-38-34-30-26-22-18-14-10-6-2/h9-10,13-14,21-23,25-27,33-35,37-39,42-43,45-46,48,52-54,57-58,60,64,85-87,92H,5-8,11-12,15-20,24,28-32,36,40-41,44,47,49-51,55-56,59,61-63,65-84H2,1-4H3,(H,97,98)(H,99,100)/b13-9-,14-10-,25-21-,26-22-,27-23-,37-33-,38-34-,39-35-,45-42-,46-43-,52-48-,57-53-,58-54-,64-60-/t85-,86+,87+/m0/s1. The lowest BCUT2D eigenvalue weighted by Crippen LogP contribution is -2.30. The highest BCUT2D eigenvalue weighted by atomic mass is 31.2. The Morgan fingerprint density at radius 3 is 0.782 bits per heavy atom. The van der Waals surface area contributed by atoms with Crippen molar-refractivity contribution in [1.29, 1.82) is 0 Å². The molecule has 0 aromatic heterocycles. The van der Waals surface area contributed by atoms with Crippen molar-refractivity contribution in [3.63, 3.8) is 0 Å². The highest BCUT2D eigenvalue weighted by Gasteiger charge is 2.30. The molecule has 626 valence electrons. The third-order valence-electron chi connectivity index (χ3n) is 17.2. The van der Waals surface area contributed by atoms with Gasteiger partial charge in [-0.05, 0) is 154 Å². The van der Waals surface area contributed by atoms with E-state index in [1.54, 1.807) is 0 Å². The molecule has 0 rings (SSSR count). The largest absolute Gasteiger partial charge is 0.472 e. The second-order valence-corrected chi connectivity index (χ2v) is 30.6. The van der Waals surface area contributed by atoms with E-state index < -0.39 is 97.5 Å². The van der Waals surface area contributed by atoms with Gasteiger partial charge in [0.05, 0.1) is 26.4 Å². The molecule has 0 aliphatic rings. The number of phosphoric ester groups is 2. The van der Waals surface area contributed by atoms with Crippen LogP contribution in [0.25, 0.3) is 0 Å². The molecule has 0 saturated heterocycles. The number of aliphatic hydroxyl groups excluding tert-OH is 1. The average Bonchev–Trinajstić information content (AvgIpc) is 0.907. The molecule has 0 fully saturated rings. The Labute approximate surface area is 667 Å². The molecule has 0 radical (unpaired) electrons. The molecule has 3 N–H and O–H groups in total. The lowest BCUT2D eigenvalue weighted by atomic mass is 10.0. The van der Waals surface area contributed by atoms with Gasteiger partial charge in [0.2, 0.25) is 0 Å². The molecule has 2 unspecified atom stereocenters. The Morgan fingerprint density at radius 2 is 0.482 bits per heavy atom. The van der Waals surface area contributed by atoms with Crippen LogP contribution in [0.4, 0.5) is 0 Å². The quantitative estimate of drug-likeness (QED) is 0.0169. The van der Waals surface area contributed by atoms with Gasteiger partial charge in [0.25, 0.3) is 0 Å². The second-order valence-electron chi connectivity index (χ2n) is 27.7. The normalized spacial score (nSPS) is 14.6. The number of esters is 4. The number of unbranched alkanes of at least 4 members (excludes halogenated alkanes) is 24. The summed E-state index contributed by atoms with van der Waals surface area (Å²) in [6.07, 6.45) is 97.5. The SMILES string of the molecule is CC/C=C\C/C=C\C/C=C\C/C=C\C/C=C\CCCCCC(=O)O[C@H](COC(=O)CCC/C=C\C/C=C\C/C=C\C/C=C\CCCCC)COP(=O)(O)OC[C@@H](O)COP(=O)(O)OC[C@@H](COC(=O)CCCCCCCCCCCCCCCCC)OC(=O)CCCCC/C=C\C/C=C\C/C=C\C/C=C\C/C=C\CC. The monoisotopic (exact) mass is 1580 g/mol. The van der Waals surface area contributed by atoms with Gasteiger partial charge < -0.3 is 33.8 Å². The summed E-state index contributed by atoms with van der Waals surface area (Å²) in [5, 5.41) is 10.7. The third kappa shape index (κ3) is 80.5. The smallest absolute Gasteiger partial charge is 0.462 e. The van der Waals surface area contributed by atoms with Gasteiger partial charge in [0.15, 0.2) is 12.2 Å². The maximum absolute atomic E-state index is 13.1. The highest BCUT2D eigenvalue weighted by molar-refractivity contribution is 7.47. The van der Waals surface area contributed by atoms with Crippen molar-refractivity contribution in [2.75, 3.05) is 39.6 Å². The molecule has 0 bridgehead atoms. The third-order valence-corrected chi connectivity index (χ3v) is 19.1. The minimum atomic E-state index is -5.01. The molecule has 0 amide bonds. The fourth-order valence-corrected chi connectivity index (χ4v) is 12.4. The van der Waals surface area contributed by atoms with Crippen LogP contribution in [0.2, 0.25) is 0 Å². The van der Waals surface area contributed by atoms with E-state index in [-0.39, 0.29) is 25.7 Å². The van der Waals surface area contributed by atoms with Crippen molar-refractivity contribution >= 4 is 39.5 Å². The fourth-order valence-electron chi connectivity index (χ4n) is 10.8. The van der Waals surface area contributed by atoms with Crippen LogP contribution in [0.1, 0.15) is 323 Å². The fraction of sp³-hybridized carbons (Fsp3) is 0.648. The van der Waals surface area contributed by atoms with Crippen molar-refractivity contribution in [2.24, 2.45) is 0 Å². The Kier molecular flexibility index (Phi) is 77.3. The summed E-state index contributed by atoms with van der Waals surface area (Å²) in [5.41, 5.74) is 0. The van der Waals surface area contributed by atoms with Crippen LogP contribution >= 0.6 is 15.6 Å². The lowest BCUT2D eigenvalue weighted by Gasteiger charge is -2.21. The Balaban J connectivity index is 5.51.